The van der Waals surface area contributed by atoms with E-state index in [1.165, 1.54) is 55.5 Å². The molecule has 12 aromatic carbocycles. The zero-order valence-corrected chi connectivity index (χ0v) is 48.5. The molecule has 2 aliphatic rings. The third-order valence-corrected chi connectivity index (χ3v) is 17.5. The first-order chi connectivity index (χ1) is 44.0. The lowest BCUT2D eigenvalue weighted by molar-refractivity contribution is 1.06. The average Bonchev–Trinajstić information content (AvgIpc) is 1.22. The van der Waals surface area contributed by atoms with E-state index in [1.807, 2.05) is 54.6 Å². The molecule has 0 fully saturated rings. The highest BCUT2D eigenvalue weighted by Gasteiger charge is 2.43. The fourth-order valence-corrected chi connectivity index (χ4v) is 13.4. The van der Waals surface area contributed by atoms with Gasteiger partial charge in [0.25, 0.3) is 6.71 Å². The molecule has 0 unspecified atom stereocenters. The van der Waals surface area contributed by atoms with Crippen LogP contribution in [-0.2, 0) is 0 Å². The maximum absolute atomic E-state index is 5.51. The van der Waals surface area contributed by atoms with Gasteiger partial charge in [-0.2, -0.15) is 0 Å². The Morgan fingerprint density at radius 2 is 0.753 bits per heavy atom. The van der Waals surface area contributed by atoms with Gasteiger partial charge in [0.2, 0.25) is 0 Å². The number of benzene rings is 12. The van der Waals surface area contributed by atoms with Crippen LogP contribution in [0.25, 0.3) is 107 Å². The standard InChI is InChI=1S/C80H53BN8/c1-52-40-46-70-63(48-52)62-32-14-17-35-69(62)89(70)71-47-45-59(68-51-67(54-22-6-2-7-23-54)82-77(83-68)55-24-8-3-9-25-55)50-64(71)80-85-78(56-26-10-4-11-27-56)84-79(86-80)57-43-41-53(42-44-57)58-28-20-31-61(49-58)88-73-37-19-16-34-66(73)81-65-33-15-18-36-72(65)87(60-29-12-5-13-30-60)74-38-21-39-75(88)76(74)81/h2-51H,1H3. The Bertz CT molecular complexity index is 5170. The van der Waals surface area contributed by atoms with Gasteiger partial charge in [0.1, 0.15) is 0 Å². The SMILES string of the molecule is Cc1ccc2c(c1)c1ccccc1n2-c1ccc(-c2cc(-c3ccccc3)nc(-c3ccccc3)n2)cc1-c1nc(-c2ccccc2)nc(-c2ccc(-c3cccc(N4c5ccccc5B5c6ccccc6N(c6ccccc6)c6cccc4c65)c3)cc2)n1. The zero-order chi connectivity index (χ0) is 58.9. The van der Waals surface area contributed by atoms with Crippen molar-refractivity contribution in [2.24, 2.45) is 0 Å². The van der Waals surface area contributed by atoms with Gasteiger partial charge in [-0.05, 0) is 119 Å². The molecule has 0 aliphatic carbocycles. The second-order valence-corrected chi connectivity index (χ2v) is 22.9. The summed E-state index contributed by atoms with van der Waals surface area (Å²) in [4.78, 5) is 31.6. The van der Waals surface area contributed by atoms with Gasteiger partial charge < -0.3 is 14.4 Å². The smallest absolute Gasteiger partial charge is 0.252 e. The molecule has 0 amide bonds. The minimum atomic E-state index is 0.0621. The molecule has 0 saturated heterocycles. The summed E-state index contributed by atoms with van der Waals surface area (Å²) >= 11 is 0. The number of aromatic nitrogens is 6. The second-order valence-electron chi connectivity index (χ2n) is 22.9. The van der Waals surface area contributed by atoms with Gasteiger partial charge in [-0.15, -0.1) is 0 Å². The summed E-state index contributed by atoms with van der Waals surface area (Å²) in [6.45, 7) is 2.21. The number of nitrogens with zero attached hydrogens (tertiary/aromatic N) is 8. The van der Waals surface area contributed by atoms with E-state index in [4.69, 9.17) is 24.9 Å². The van der Waals surface area contributed by atoms with Crippen molar-refractivity contribution < 1.29 is 0 Å². The van der Waals surface area contributed by atoms with Gasteiger partial charge in [-0.25, -0.2) is 24.9 Å². The van der Waals surface area contributed by atoms with Gasteiger partial charge in [0.05, 0.1) is 28.1 Å². The van der Waals surface area contributed by atoms with Gasteiger partial charge in [-0.3, -0.25) is 0 Å². The summed E-state index contributed by atoms with van der Waals surface area (Å²) in [6, 6.07) is 108. The lowest BCUT2D eigenvalue weighted by atomic mass is 9.33. The van der Waals surface area contributed by atoms with Gasteiger partial charge in [0.15, 0.2) is 23.3 Å². The summed E-state index contributed by atoms with van der Waals surface area (Å²) in [5.41, 5.74) is 24.3. The quantitative estimate of drug-likeness (QED) is 0.126. The third-order valence-electron chi connectivity index (χ3n) is 17.5. The Hall–Kier alpha value is -11.8. The highest BCUT2D eigenvalue weighted by atomic mass is 15.2. The van der Waals surface area contributed by atoms with Crippen molar-refractivity contribution in [2.75, 3.05) is 9.80 Å². The topological polar surface area (TPSA) is 75.9 Å². The zero-order valence-electron chi connectivity index (χ0n) is 48.5. The molecule has 3 aromatic heterocycles. The molecule has 0 radical (unpaired) electrons. The Morgan fingerprint density at radius 3 is 1.43 bits per heavy atom. The van der Waals surface area contributed by atoms with Crippen LogP contribution in [0.5, 0.6) is 0 Å². The average molecular weight is 1140 g/mol. The van der Waals surface area contributed by atoms with Crippen LogP contribution in [0, 0.1) is 6.92 Å². The normalized spacial score (nSPS) is 12.3. The van der Waals surface area contributed by atoms with E-state index in [2.05, 4.69) is 270 Å². The largest absolute Gasteiger partial charge is 0.311 e. The van der Waals surface area contributed by atoms with Crippen LogP contribution >= 0.6 is 0 Å². The highest BCUT2D eigenvalue weighted by Crippen LogP contribution is 2.45. The molecule has 0 spiro atoms. The number of anilines is 6. The predicted octanol–water partition coefficient (Wildman–Crippen LogP) is 17.8. The van der Waals surface area contributed by atoms with Crippen LogP contribution in [0.1, 0.15) is 5.56 Å². The molecule has 416 valence electrons. The van der Waals surface area contributed by atoms with Crippen molar-refractivity contribution in [1.82, 2.24) is 29.5 Å². The van der Waals surface area contributed by atoms with Crippen molar-refractivity contribution >= 4 is 79.0 Å². The molecule has 8 nitrogen and oxygen atoms in total. The molecule has 9 heteroatoms. The van der Waals surface area contributed by atoms with Crippen molar-refractivity contribution in [3.63, 3.8) is 0 Å². The van der Waals surface area contributed by atoms with Crippen LogP contribution < -0.4 is 26.2 Å². The Labute approximate surface area is 516 Å². The summed E-state index contributed by atoms with van der Waals surface area (Å²) in [5, 5.41) is 2.34. The minimum absolute atomic E-state index is 0.0621. The monoisotopic (exact) mass is 1140 g/mol. The van der Waals surface area contributed by atoms with E-state index in [0.29, 0.717) is 23.3 Å². The lowest BCUT2D eigenvalue weighted by Gasteiger charge is -2.44. The first kappa shape index (κ1) is 51.6. The first-order valence-corrected chi connectivity index (χ1v) is 30.2. The molecule has 17 rings (SSSR count). The van der Waals surface area contributed by atoms with Crippen LogP contribution in [-0.4, -0.2) is 36.2 Å². The fourth-order valence-electron chi connectivity index (χ4n) is 13.4. The molecule has 0 N–H and O–H groups in total. The number of aryl methyl sites for hydroxylation is 1. The second kappa shape index (κ2) is 21.3. The fraction of sp³-hybridized carbons (Fsp3) is 0.0125. The Balaban J connectivity index is 0.805. The van der Waals surface area contributed by atoms with E-state index in [9.17, 15) is 0 Å². The van der Waals surface area contributed by atoms with Gasteiger partial charge >= 0.3 is 0 Å². The van der Waals surface area contributed by atoms with Crippen molar-refractivity contribution in [3.8, 4) is 84.9 Å². The van der Waals surface area contributed by atoms with E-state index in [0.717, 1.165) is 84.0 Å². The summed E-state index contributed by atoms with van der Waals surface area (Å²) in [5.74, 6) is 2.30. The molecule has 0 bridgehead atoms. The lowest BCUT2D eigenvalue weighted by Crippen LogP contribution is -2.61. The molecular weight excluding hydrogens is 1080 g/mol. The maximum atomic E-state index is 5.51. The van der Waals surface area contributed by atoms with Crippen LogP contribution in [0.3, 0.4) is 0 Å². The van der Waals surface area contributed by atoms with Crippen LogP contribution in [0.4, 0.5) is 34.1 Å². The van der Waals surface area contributed by atoms with E-state index >= 15 is 0 Å². The Kier molecular flexibility index (Phi) is 12.4. The molecule has 2 aliphatic heterocycles. The summed E-state index contributed by atoms with van der Waals surface area (Å²) < 4.78 is 2.36. The molecule has 5 heterocycles. The van der Waals surface area contributed by atoms with E-state index < -0.39 is 0 Å². The van der Waals surface area contributed by atoms with E-state index in [1.54, 1.807) is 0 Å². The highest BCUT2D eigenvalue weighted by molar-refractivity contribution is 7.00. The molecular formula is C80H53BN8. The number of hydrogen-bond donors (Lipinski definition) is 0. The number of hydrogen-bond acceptors (Lipinski definition) is 7. The predicted molar refractivity (Wildman–Crippen MR) is 367 cm³/mol. The molecule has 15 aromatic rings. The van der Waals surface area contributed by atoms with Gasteiger partial charge in [0, 0.05) is 78.3 Å². The van der Waals surface area contributed by atoms with Gasteiger partial charge in [-0.1, -0.05) is 224 Å². The number of para-hydroxylation sites is 4. The first-order valence-electron chi connectivity index (χ1n) is 30.2. The molecule has 0 atom stereocenters. The summed E-state index contributed by atoms with van der Waals surface area (Å²) in [6.07, 6.45) is 0. The maximum Gasteiger partial charge on any atom is 0.252 e. The van der Waals surface area contributed by atoms with Crippen molar-refractivity contribution in [1.29, 1.82) is 0 Å². The minimum Gasteiger partial charge on any atom is -0.311 e. The van der Waals surface area contributed by atoms with Crippen molar-refractivity contribution in [2.45, 2.75) is 6.92 Å². The number of rotatable bonds is 10. The van der Waals surface area contributed by atoms with Crippen LogP contribution in [0.2, 0.25) is 0 Å². The number of fused-ring (bicyclic) bond motifs is 7. The molecule has 0 saturated carbocycles. The van der Waals surface area contributed by atoms with Crippen LogP contribution in [0.15, 0.2) is 303 Å². The Morgan fingerprint density at radius 1 is 0.281 bits per heavy atom. The third kappa shape index (κ3) is 8.89. The van der Waals surface area contributed by atoms with E-state index in [-0.39, 0.29) is 6.71 Å². The van der Waals surface area contributed by atoms with Crippen molar-refractivity contribution in [3.05, 3.63) is 309 Å². The summed E-state index contributed by atoms with van der Waals surface area (Å²) in [7, 11) is 0. The molecule has 89 heavy (non-hydrogen) atoms.